The van der Waals surface area contributed by atoms with Gasteiger partial charge < -0.3 is 4.74 Å². The van der Waals surface area contributed by atoms with Crippen LogP contribution in [0.15, 0.2) is 48.5 Å². The van der Waals surface area contributed by atoms with Crippen LogP contribution in [0.4, 0.5) is 0 Å². The number of fused-ring (bicyclic) bond motifs is 1. The first-order chi connectivity index (χ1) is 9.16. The number of rotatable bonds is 1. The summed E-state index contributed by atoms with van der Waals surface area (Å²) in [4.78, 5) is 12.0. The van der Waals surface area contributed by atoms with E-state index in [-0.39, 0.29) is 16.9 Å². The fourth-order valence-corrected chi connectivity index (χ4v) is 3.26. The minimum atomic E-state index is -0.360. The van der Waals surface area contributed by atoms with Gasteiger partial charge in [0.05, 0.1) is 10.4 Å². The monoisotopic (exact) mass is 336 g/mol. The largest absolute Gasteiger partial charge is 0.452 e. The van der Waals surface area contributed by atoms with Crippen LogP contribution in [0, 0.1) is 0 Å². The molecule has 3 rings (SSSR count). The molecule has 2 unspecified atom stereocenters. The average Bonchev–Trinajstić information content (AvgIpc) is 2.43. The van der Waals surface area contributed by atoms with Crippen molar-refractivity contribution in [2.45, 2.75) is 10.9 Å². The van der Waals surface area contributed by atoms with Crippen LogP contribution in [0.3, 0.4) is 0 Å². The lowest BCUT2D eigenvalue weighted by atomic mass is 9.94. The molecule has 0 spiro atoms. The van der Waals surface area contributed by atoms with Crippen molar-refractivity contribution < 1.29 is 9.53 Å². The van der Waals surface area contributed by atoms with Gasteiger partial charge in [-0.25, -0.2) is 4.79 Å². The van der Waals surface area contributed by atoms with E-state index in [4.69, 9.17) is 16.3 Å². The highest BCUT2D eigenvalue weighted by Crippen LogP contribution is 2.44. The van der Waals surface area contributed by atoms with E-state index in [9.17, 15) is 4.79 Å². The van der Waals surface area contributed by atoms with Crippen molar-refractivity contribution in [1.29, 1.82) is 0 Å². The van der Waals surface area contributed by atoms with Crippen LogP contribution in [0.25, 0.3) is 0 Å². The molecule has 1 aliphatic heterocycles. The first-order valence-corrected chi connectivity index (χ1v) is 7.15. The fourth-order valence-electron chi connectivity index (χ4n) is 2.25. The van der Waals surface area contributed by atoms with Gasteiger partial charge in [-0.2, -0.15) is 0 Å². The summed E-state index contributed by atoms with van der Waals surface area (Å²) in [6, 6.07) is 14.8. The van der Waals surface area contributed by atoms with E-state index >= 15 is 0 Å². The molecule has 4 heteroatoms. The summed E-state index contributed by atoms with van der Waals surface area (Å²) in [5, 5.41) is 0.632. The van der Waals surface area contributed by atoms with Crippen molar-refractivity contribution in [3.05, 3.63) is 70.2 Å². The third kappa shape index (κ3) is 2.28. The molecular weight excluding hydrogens is 328 g/mol. The van der Waals surface area contributed by atoms with E-state index in [0.717, 1.165) is 11.1 Å². The second-order valence-electron chi connectivity index (χ2n) is 4.37. The van der Waals surface area contributed by atoms with Crippen molar-refractivity contribution >= 4 is 33.5 Å². The van der Waals surface area contributed by atoms with Crippen molar-refractivity contribution in [3.8, 4) is 0 Å². The summed E-state index contributed by atoms with van der Waals surface area (Å²) in [7, 11) is 0. The smallest absolute Gasteiger partial charge is 0.339 e. The van der Waals surface area contributed by atoms with Crippen molar-refractivity contribution in [3.63, 3.8) is 0 Å². The number of carbonyl (C=O) groups is 1. The highest BCUT2D eigenvalue weighted by molar-refractivity contribution is 9.09. The molecule has 1 aliphatic rings. The van der Waals surface area contributed by atoms with E-state index in [0.29, 0.717) is 10.6 Å². The summed E-state index contributed by atoms with van der Waals surface area (Å²) in [6.07, 6.45) is -0.360. The Morgan fingerprint density at radius 1 is 1.11 bits per heavy atom. The zero-order valence-electron chi connectivity index (χ0n) is 9.85. The van der Waals surface area contributed by atoms with E-state index in [1.807, 2.05) is 36.4 Å². The van der Waals surface area contributed by atoms with Crippen molar-refractivity contribution in [2.75, 3.05) is 0 Å². The van der Waals surface area contributed by atoms with Gasteiger partial charge in [-0.15, -0.1) is 0 Å². The van der Waals surface area contributed by atoms with Crippen LogP contribution in [0.2, 0.25) is 5.02 Å². The van der Waals surface area contributed by atoms with E-state index in [2.05, 4.69) is 15.9 Å². The standard InChI is InChI=1S/C15H10BrClO2/c16-13-11-6-1-2-7-12(11)15(18)19-14(13)9-4-3-5-10(17)8-9/h1-8,13-14H. The van der Waals surface area contributed by atoms with Gasteiger partial charge in [0.25, 0.3) is 0 Å². The highest BCUT2D eigenvalue weighted by Gasteiger charge is 2.34. The predicted octanol–water partition coefficient (Wildman–Crippen LogP) is 4.69. The maximum absolute atomic E-state index is 12.0. The Labute approximate surface area is 124 Å². The summed E-state index contributed by atoms with van der Waals surface area (Å²) in [5.74, 6) is -0.295. The van der Waals surface area contributed by atoms with Gasteiger partial charge >= 0.3 is 5.97 Å². The SMILES string of the molecule is O=C1OC(c2cccc(Cl)c2)C(Br)c2ccccc21. The third-order valence-corrected chi connectivity index (χ3v) is 4.36. The lowest BCUT2D eigenvalue weighted by Crippen LogP contribution is -2.23. The lowest BCUT2D eigenvalue weighted by Gasteiger charge is -2.29. The summed E-state index contributed by atoms with van der Waals surface area (Å²) in [5.41, 5.74) is 2.45. The van der Waals surface area contributed by atoms with Crippen LogP contribution in [-0.2, 0) is 4.74 Å². The number of ether oxygens (including phenoxy) is 1. The number of hydrogen-bond donors (Lipinski definition) is 0. The third-order valence-electron chi connectivity index (χ3n) is 3.15. The second kappa shape index (κ2) is 4.99. The van der Waals surface area contributed by atoms with Gasteiger partial charge in [0.1, 0.15) is 6.10 Å². The number of hydrogen-bond acceptors (Lipinski definition) is 2. The molecule has 2 aromatic rings. The molecule has 1 heterocycles. The minimum Gasteiger partial charge on any atom is -0.452 e. The normalized spacial score (nSPS) is 21.7. The maximum Gasteiger partial charge on any atom is 0.339 e. The zero-order chi connectivity index (χ0) is 13.4. The van der Waals surface area contributed by atoms with Gasteiger partial charge in [0.15, 0.2) is 0 Å². The second-order valence-corrected chi connectivity index (χ2v) is 5.79. The Balaban J connectivity index is 2.05. The number of benzene rings is 2. The fraction of sp³-hybridized carbons (Fsp3) is 0.133. The molecule has 0 amide bonds. The number of alkyl halides is 1. The molecule has 0 saturated heterocycles. The summed E-state index contributed by atoms with van der Waals surface area (Å²) < 4.78 is 5.52. The number of carbonyl (C=O) groups excluding carboxylic acids is 1. The molecule has 19 heavy (non-hydrogen) atoms. The number of cyclic esters (lactones) is 1. The lowest BCUT2D eigenvalue weighted by molar-refractivity contribution is 0.0249. The molecule has 0 aliphatic carbocycles. The molecule has 0 aromatic heterocycles. The Morgan fingerprint density at radius 3 is 2.68 bits per heavy atom. The van der Waals surface area contributed by atoms with Gasteiger partial charge in [0.2, 0.25) is 0 Å². The van der Waals surface area contributed by atoms with Crippen molar-refractivity contribution in [1.82, 2.24) is 0 Å². The predicted molar refractivity (Wildman–Crippen MR) is 77.7 cm³/mol. The highest BCUT2D eigenvalue weighted by atomic mass is 79.9. The first kappa shape index (κ1) is 12.7. The van der Waals surface area contributed by atoms with Crippen LogP contribution >= 0.6 is 27.5 Å². The molecule has 0 fully saturated rings. The molecule has 2 nitrogen and oxygen atoms in total. The molecule has 96 valence electrons. The quantitative estimate of drug-likeness (QED) is 0.557. The van der Waals surface area contributed by atoms with Crippen molar-refractivity contribution in [2.24, 2.45) is 0 Å². The molecule has 0 saturated carbocycles. The first-order valence-electron chi connectivity index (χ1n) is 5.86. The van der Waals surface area contributed by atoms with E-state index < -0.39 is 0 Å². The molecule has 2 aromatic carbocycles. The molecule has 2 atom stereocenters. The summed E-state index contributed by atoms with van der Waals surface area (Å²) in [6.45, 7) is 0. The molecule has 0 bridgehead atoms. The Kier molecular flexibility index (Phi) is 3.33. The van der Waals surface area contributed by atoms with Crippen LogP contribution in [0.5, 0.6) is 0 Å². The van der Waals surface area contributed by atoms with E-state index in [1.165, 1.54) is 0 Å². The molecular formula is C15H10BrClO2. The number of halogens is 2. The van der Waals surface area contributed by atoms with E-state index in [1.54, 1.807) is 12.1 Å². The Hall–Kier alpha value is -1.32. The zero-order valence-corrected chi connectivity index (χ0v) is 12.2. The Morgan fingerprint density at radius 2 is 1.89 bits per heavy atom. The van der Waals surface area contributed by atoms with Gasteiger partial charge in [-0.1, -0.05) is 57.9 Å². The van der Waals surface area contributed by atoms with Gasteiger partial charge in [0, 0.05) is 5.02 Å². The van der Waals surface area contributed by atoms with Crippen LogP contribution in [-0.4, -0.2) is 5.97 Å². The molecule has 0 radical (unpaired) electrons. The summed E-state index contributed by atoms with van der Waals surface area (Å²) >= 11 is 9.61. The topological polar surface area (TPSA) is 26.3 Å². The van der Waals surface area contributed by atoms with Crippen LogP contribution < -0.4 is 0 Å². The van der Waals surface area contributed by atoms with Gasteiger partial charge in [-0.3, -0.25) is 0 Å². The minimum absolute atomic E-state index is 0.0696. The van der Waals surface area contributed by atoms with Crippen LogP contribution in [0.1, 0.15) is 32.4 Å². The van der Waals surface area contributed by atoms with Gasteiger partial charge in [-0.05, 0) is 29.3 Å². The molecule has 0 N–H and O–H groups in total. The average molecular weight is 338 g/mol. The Bertz CT molecular complexity index is 642. The number of esters is 1. The maximum atomic E-state index is 12.0.